The highest BCUT2D eigenvalue weighted by molar-refractivity contribution is 6.07. The number of hydrogen-bond acceptors (Lipinski definition) is 3. The molecule has 0 saturated carbocycles. The number of imide groups is 1. The van der Waals surface area contributed by atoms with E-state index in [4.69, 9.17) is 0 Å². The van der Waals surface area contributed by atoms with Crippen LogP contribution in [-0.4, -0.2) is 46.3 Å². The molecule has 2 heterocycles. The van der Waals surface area contributed by atoms with Gasteiger partial charge in [0.25, 0.3) is 11.8 Å². The Morgan fingerprint density at radius 3 is 2.45 bits per heavy atom. The van der Waals surface area contributed by atoms with Crippen LogP contribution in [0.2, 0.25) is 0 Å². The predicted molar refractivity (Wildman–Crippen MR) is 105 cm³/mol. The second-order valence-electron chi connectivity index (χ2n) is 7.65. The zero-order valence-corrected chi connectivity index (χ0v) is 16.2. The number of benzene rings is 2. The van der Waals surface area contributed by atoms with Gasteiger partial charge in [0, 0.05) is 18.7 Å². The average Bonchev–Trinajstić information content (AvgIpc) is 2.95. The lowest BCUT2D eigenvalue weighted by molar-refractivity contribution is -0.133. The molecule has 0 radical (unpaired) electrons. The summed E-state index contributed by atoms with van der Waals surface area (Å²) < 4.78 is 13.8. The van der Waals surface area contributed by atoms with Crippen LogP contribution in [0, 0.1) is 12.7 Å². The Hall–Kier alpha value is -3.22. The van der Waals surface area contributed by atoms with Gasteiger partial charge in [0.15, 0.2) is 0 Å². The number of halogens is 1. The van der Waals surface area contributed by atoms with E-state index < -0.39 is 17.4 Å². The van der Waals surface area contributed by atoms with Gasteiger partial charge in [-0.3, -0.25) is 14.5 Å². The summed E-state index contributed by atoms with van der Waals surface area (Å²) in [5.41, 5.74) is 0.678. The number of piperidine rings is 1. The summed E-state index contributed by atoms with van der Waals surface area (Å²) in [5.74, 6) is -0.935. The van der Waals surface area contributed by atoms with Crippen LogP contribution in [0.5, 0.6) is 0 Å². The van der Waals surface area contributed by atoms with Crippen LogP contribution in [0.3, 0.4) is 0 Å². The summed E-state index contributed by atoms with van der Waals surface area (Å²) in [6.07, 6.45) is 0.673. The standard InChI is InChI=1S/C22H22FN3O3/c1-15-7-8-17(13-18(15)23)19(27)25-11-9-22(10-12-25)20(28)26(21(29)24-22)14-16-5-3-2-4-6-16/h2-8,13H,9-12,14H2,1H3,(H,24,29). The van der Waals surface area contributed by atoms with Gasteiger partial charge in [-0.1, -0.05) is 36.4 Å². The van der Waals surface area contributed by atoms with Crippen LogP contribution >= 0.6 is 0 Å². The highest BCUT2D eigenvalue weighted by Gasteiger charge is 2.52. The highest BCUT2D eigenvalue weighted by atomic mass is 19.1. The molecular formula is C22H22FN3O3. The first-order valence-corrected chi connectivity index (χ1v) is 9.63. The summed E-state index contributed by atoms with van der Waals surface area (Å²) >= 11 is 0. The maximum Gasteiger partial charge on any atom is 0.325 e. The molecule has 2 aromatic carbocycles. The van der Waals surface area contributed by atoms with E-state index >= 15 is 0 Å². The lowest BCUT2D eigenvalue weighted by Gasteiger charge is -2.37. The second kappa shape index (κ2) is 7.31. The summed E-state index contributed by atoms with van der Waals surface area (Å²) in [6, 6.07) is 13.4. The molecule has 7 heteroatoms. The maximum absolute atomic E-state index is 13.8. The molecule has 2 aliphatic rings. The number of carbonyl (C=O) groups excluding carboxylic acids is 3. The van der Waals surface area contributed by atoms with Gasteiger partial charge in [0.05, 0.1) is 6.54 Å². The fraction of sp³-hybridized carbons (Fsp3) is 0.318. The van der Waals surface area contributed by atoms with Crippen LogP contribution in [0.15, 0.2) is 48.5 Å². The fourth-order valence-corrected chi connectivity index (χ4v) is 3.92. The monoisotopic (exact) mass is 395 g/mol. The molecule has 0 aromatic heterocycles. The van der Waals surface area contributed by atoms with Gasteiger partial charge in [-0.05, 0) is 43.0 Å². The third kappa shape index (κ3) is 3.48. The maximum atomic E-state index is 13.8. The molecule has 4 rings (SSSR count). The largest absolute Gasteiger partial charge is 0.338 e. The molecule has 29 heavy (non-hydrogen) atoms. The van der Waals surface area contributed by atoms with E-state index in [9.17, 15) is 18.8 Å². The van der Waals surface area contributed by atoms with E-state index in [1.54, 1.807) is 24.0 Å². The number of urea groups is 1. The molecule has 0 aliphatic carbocycles. The molecule has 0 atom stereocenters. The minimum atomic E-state index is -0.971. The molecule has 6 nitrogen and oxygen atoms in total. The van der Waals surface area contributed by atoms with Gasteiger partial charge in [0.1, 0.15) is 11.4 Å². The van der Waals surface area contributed by atoms with Crippen LogP contribution in [0.1, 0.15) is 34.3 Å². The van der Waals surface area contributed by atoms with Crippen molar-refractivity contribution >= 4 is 17.8 Å². The summed E-state index contributed by atoms with van der Waals surface area (Å²) in [7, 11) is 0. The van der Waals surface area contributed by atoms with Crippen molar-refractivity contribution < 1.29 is 18.8 Å². The average molecular weight is 395 g/mol. The Balaban J connectivity index is 1.44. The number of hydrogen-bond donors (Lipinski definition) is 1. The smallest absolute Gasteiger partial charge is 0.325 e. The van der Waals surface area contributed by atoms with Crippen LogP contribution in [0.25, 0.3) is 0 Å². The summed E-state index contributed by atoms with van der Waals surface area (Å²) in [6.45, 7) is 2.50. The van der Waals surface area contributed by atoms with Crippen molar-refractivity contribution in [1.82, 2.24) is 15.1 Å². The van der Waals surface area contributed by atoms with Crippen LogP contribution in [0.4, 0.5) is 9.18 Å². The van der Waals surface area contributed by atoms with Crippen molar-refractivity contribution in [2.75, 3.05) is 13.1 Å². The Morgan fingerprint density at radius 1 is 1.10 bits per heavy atom. The first-order chi connectivity index (χ1) is 13.9. The van der Waals surface area contributed by atoms with Crippen LogP contribution < -0.4 is 5.32 Å². The molecule has 2 aliphatic heterocycles. The van der Waals surface area contributed by atoms with Gasteiger partial charge in [-0.25, -0.2) is 9.18 Å². The lowest BCUT2D eigenvalue weighted by atomic mass is 9.87. The summed E-state index contributed by atoms with van der Waals surface area (Å²) in [4.78, 5) is 41.0. The Morgan fingerprint density at radius 2 is 1.79 bits per heavy atom. The van der Waals surface area contributed by atoms with Crippen LogP contribution in [-0.2, 0) is 11.3 Å². The van der Waals surface area contributed by atoms with Gasteiger partial charge in [0.2, 0.25) is 0 Å². The first-order valence-electron chi connectivity index (χ1n) is 9.63. The van der Waals surface area contributed by atoms with Crippen molar-refractivity contribution in [1.29, 1.82) is 0 Å². The zero-order chi connectivity index (χ0) is 20.6. The molecule has 0 bridgehead atoms. The van der Waals surface area contributed by atoms with E-state index in [0.717, 1.165) is 5.56 Å². The summed E-state index contributed by atoms with van der Waals surface area (Å²) in [5, 5.41) is 2.84. The second-order valence-corrected chi connectivity index (χ2v) is 7.65. The van der Waals surface area contributed by atoms with Crippen molar-refractivity contribution in [3.05, 3.63) is 71.0 Å². The fourth-order valence-electron chi connectivity index (χ4n) is 3.92. The Bertz CT molecular complexity index is 969. The minimum Gasteiger partial charge on any atom is -0.338 e. The van der Waals surface area contributed by atoms with E-state index in [1.165, 1.54) is 11.0 Å². The highest BCUT2D eigenvalue weighted by Crippen LogP contribution is 2.31. The van der Waals surface area contributed by atoms with Crippen molar-refractivity contribution in [2.45, 2.75) is 31.8 Å². The third-order valence-corrected chi connectivity index (χ3v) is 5.75. The number of amides is 4. The molecule has 2 aromatic rings. The van der Waals surface area contributed by atoms with Gasteiger partial charge >= 0.3 is 6.03 Å². The predicted octanol–water partition coefficient (Wildman–Crippen LogP) is 2.86. The Labute approximate surface area is 168 Å². The third-order valence-electron chi connectivity index (χ3n) is 5.75. The van der Waals surface area contributed by atoms with Crippen molar-refractivity contribution in [2.24, 2.45) is 0 Å². The topological polar surface area (TPSA) is 69.7 Å². The number of nitrogens with zero attached hydrogens (tertiary/aromatic N) is 2. The molecule has 4 amide bonds. The van der Waals surface area contributed by atoms with Gasteiger partial charge in [-0.2, -0.15) is 0 Å². The molecule has 1 N–H and O–H groups in total. The molecular weight excluding hydrogens is 373 g/mol. The molecule has 1 spiro atoms. The Kier molecular flexibility index (Phi) is 4.82. The van der Waals surface area contributed by atoms with Crippen molar-refractivity contribution in [3.8, 4) is 0 Å². The molecule has 2 fully saturated rings. The number of nitrogens with one attached hydrogen (secondary N) is 1. The van der Waals surface area contributed by atoms with E-state index in [1.807, 2.05) is 30.3 Å². The molecule has 2 saturated heterocycles. The SMILES string of the molecule is Cc1ccc(C(=O)N2CCC3(CC2)NC(=O)N(Cc2ccccc2)C3=O)cc1F. The molecule has 150 valence electrons. The van der Waals surface area contributed by atoms with Gasteiger partial charge in [-0.15, -0.1) is 0 Å². The van der Waals surface area contributed by atoms with E-state index in [2.05, 4.69) is 5.32 Å². The van der Waals surface area contributed by atoms with Crippen molar-refractivity contribution in [3.63, 3.8) is 0 Å². The minimum absolute atomic E-state index is 0.221. The van der Waals surface area contributed by atoms with E-state index in [-0.39, 0.29) is 23.9 Å². The zero-order valence-electron chi connectivity index (χ0n) is 16.2. The number of rotatable bonds is 3. The van der Waals surface area contributed by atoms with E-state index in [0.29, 0.717) is 31.5 Å². The number of carbonyl (C=O) groups is 3. The quantitative estimate of drug-likeness (QED) is 0.813. The lowest BCUT2D eigenvalue weighted by Crippen LogP contribution is -2.55. The van der Waals surface area contributed by atoms with Gasteiger partial charge < -0.3 is 10.2 Å². The number of likely N-dealkylation sites (tertiary alicyclic amines) is 1. The first kappa shape index (κ1) is 19.1. The molecule has 0 unspecified atom stereocenters. The number of aryl methyl sites for hydroxylation is 1. The normalized spacial score (nSPS) is 18.3.